The van der Waals surface area contributed by atoms with Gasteiger partial charge in [-0.15, -0.1) is 0 Å². The second kappa shape index (κ2) is 9.97. The monoisotopic (exact) mass is 394 g/mol. The first-order valence-electron chi connectivity index (χ1n) is 7.42. The summed E-state index contributed by atoms with van der Waals surface area (Å²) >= 11 is 4.56. The van der Waals surface area contributed by atoms with Crippen LogP contribution >= 0.6 is 12.2 Å². The number of hydrogen-bond donors (Lipinski definition) is 3. The maximum Gasteiger partial charge on any atom is 0.355 e. The maximum atomic E-state index is 12.5. The molecule has 11 heteroatoms. The van der Waals surface area contributed by atoms with E-state index in [4.69, 9.17) is 5.73 Å². The van der Waals surface area contributed by atoms with Crippen LogP contribution < -0.4 is 16.5 Å². The van der Waals surface area contributed by atoms with Crippen molar-refractivity contribution in [3.05, 3.63) is 29.8 Å². The van der Waals surface area contributed by atoms with Gasteiger partial charge in [0.05, 0.1) is 14.2 Å². The molecular formula is C16H18N4O6S. The van der Waals surface area contributed by atoms with Gasteiger partial charge in [-0.2, -0.15) is 5.10 Å². The van der Waals surface area contributed by atoms with Gasteiger partial charge in [0, 0.05) is 5.69 Å². The third kappa shape index (κ3) is 6.15. The number of thiocarbonyl (C=S) groups is 1. The molecular weight excluding hydrogens is 376 g/mol. The third-order valence-electron chi connectivity index (χ3n) is 3.19. The predicted octanol–water partition coefficient (Wildman–Crippen LogP) is -0.346. The van der Waals surface area contributed by atoms with Gasteiger partial charge in [0.15, 0.2) is 16.7 Å². The van der Waals surface area contributed by atoms with Crippen LogP contribution in [0.5, 0.6) is 0 Å². The van der Waals surface area contributed by atoms with Gasteiger partial charge in [-0.3, -0.25) is 19.8 Å². The van der Waals surface area contributed by atoms with Crippen molar-refractivity contribution in [2.24, 2.45) is 16.8 Å². The average Bonchev–Trinajstić information content (AvgIpc) is 2.64. The Morgan fingerprint density at radius 3 is 2.19 bits per heavy atom. The highest BCUT2D eigenvalue weighted by Crippen LogP contribution is 2.12. The lowest BCUT2D eigenvalue weighted by atomic mass is 9.97. The molecule has 10 nitrogen and oxygen atoms in total. The van der Waals surface area contributed by atoms with Crippen molar-refractivity contribution < 1.29 is 28.7 Å². The number of amides is 1. The molecule has 0 saturated heterocycles. The van der Waals surface area contributed by atoms with Crippen LogP contribution in [0.3, 0.4) is 0 Å². The first-order valence-corrected chi connectivity index (χ1v) is 7.83. The largest absolute Gasteiger partial charge is 0.468 e. The molecule has 0 heterocycles. The highest BCUT2D eigenvalue weighted by Gasteiger charge is 2.41. The zero-order valence-electron chi connectivity index (χ0n) is 14.8. The summed E-state index contributed by atoms with van der Waals surface area (Å²) in [6.07, 6.45) is 0. The van der Waals surface area contributed by atoms with Crippen LogP contribution in [0.15, 0.2) is 29.4 Å². The van der Waals surface area contributed by atoms with Crippen molar-refractivity contribution in [3.63, 3.8) is 0 Å². The molecule has 0 unspecified atom stereocenters. The quantitative estimate of drug-likeness (QED) is 0.141. The van der Waals surface area contributed by atoms with E-state index in [1.165, 1.54) is 0 Å². The van der Waals surface area contributed by atoms with Gasteiger partial charge in [-0.05, 0) is 31.3 Å². The lowest BCUT2D eigenvalue weighted by molar-refractivity contribution is -0.150. The number of nitrogens with zero attached hydrogens (tertiary/aromatic N) is 1. The van der Waals surface area contributed by atoms with Crippen LogP contribution in [-0.4, -0.2) is 48.7 Å². The minimum absolute atomic E-state index is 0.320. The van der Waals surface area contributed by atoms with Crippen LogP contribution in [0.25, 0.3) is 0 Å². The molecule has 0 radical (unpaired) electrons. The fourth-order valence-corrected chi connectivity index (χ4v) is 1.91. The Morgan fingerprint density at radius 2 is 1.70 bits per heavy atom. The number of esters is 2. The highest BCUT2D eigenvalue weighted by atomic mass is 32.1. The molecule has 0 fully saturated rings. The average molecular weight is 394 g/mol. The van der Waals surface area contributed by atoms with E-state index in [1.807, 2.05) is 6.92 Å². The SMILES string of the molecule is COC(=O)/C(=N\NC(N)=S)[C@@H](C(=O)OC)C(=O)C(=O)Nc1ccc(C)cc1. The Hall–Kier alpha value is -3.34. The van der Waals surface area contributed by atoms with Gasteiger partial charge in [-0.25, -0.2) is 4.79 Å². The van der Waals surface area contributed by atoms with Gasteiger partial charge >= 0.3 is 11.9 Å². The summed E-state index contributed by atoms with van der Waals surface area (Å²) in [4.78, 5) is 48.8. The van der Waals surface area contributed by atoms with E-state index in [-0.39, 0.29) is 5.11 Å². The maximum absolute atomic E-state index is 12.5. The van der Waals surface area contributed by atoms with Crippen molar-refractivity contribution in [1.82, 2.24) is 5.43 Å². The fourth-order valence-electron chi connectivity index (χ4n) is 1.87. The Kier molecular flexibility index (Phi) is 8.01. The molecule has 1 aromatic carbocycles. The number of carbonyl (C=O) groups excluding carboxylic acids is 4. The van der Waals surface area contributed by atoms with Crippen molar-refractivity contribution in [2.75, 3.05) is 19.5 Å². The normalized spacial score (nSPS) is 11.7. The Balaban J connectivity index is 3.20. The van der Waals surface area contributed by atoms with Gasteiger partial charge in [0.1, 0.15) is 0 Å². The minimum Gasteiger partial charge on any atom is -0.468 e. The van der Waals surface area contributed by atoms with E-state index in [9.17, 15) is 19.2 Å². The smallest absolute Gasteiger partial charge is 0.355 e. The molecule has 4 N–H and O–H groups in total. The predicted molar refractivity (Wildman–Crippen MR) is 99.7 cm³/mol. The molecule has 0 aliphatic carbocycles. The summed E-state index contributed by atoms with van der Waals surface area (Å²) in [7, 11) is 1.99. The summed E-state index contributed by atoms with van der Waals surface area (Å²) in [6, 6.07) is 6.56. The molecule has 0 aliphatic heterocycles. The van der Waals surface area contributed by atoms with Gasteiger partial charge in [0.25, 0.3) is 5.91 Å². The lowest BCUT2D eigenvalue weighted by Crippen LogP contribution is -2.44. The van der Waals surface area contributed by atoms with E-state index in [2.05, 4.69) is 37.5 Å². The molecule has 1 rings (SSSR count). The number of methoxy groups -OCH3 is 2. The number of aryl methyl sites for hydroxylation is 1. The first kappa shape index (κ1) is 21.7. The van der Waals surface area contributed by atoms with E-state index in [1.54, 1.807) is 24.3 Å². The van der Waals surface area contributed by atoms with Gasteiger partial charge in [0.2, 0.25) is 5.78 Å². The lowest BCUT2D eigenvalue weighted by Gasteiger charge is -2.14. The van der Waals surface area contributed by atoms with Gasteiger partial charge in [-0.1, -0.05) is 17.7 Å². The van der Waals surface area contributed by atoms with Crippen LogP contribution in [0, 0.1) is 12.8 Å². The number of benzene rings is 1. The molecule has 0 spiro atoms. The molecule has 0 bridgehead atoms. The fraction of sp³-hybridized carbons (Fsp3) is 0.250. The molecule has 0 aromatic heterocycles. The number of nitrogens with one attached hydrogen (secondary N) is 2. The molecule has 1 aromatic rings. The molecule has 27 heavy (non-hydrogen) atoms. The Bertz CT molecular complexity index is 791. The van der Waals surface area contributed by atoms with Crippen molar-refractivity contribution >= 4 is 52.4 Å². The summed E-state index contributed by atoms with van der Waals surface area (Å²) in [5.41, 5.74) is 7.82. The molecule has 144 valence electrons. The highest BCUT2D eigenvalue weighted by molar-refractivity contribution is 7.80. The third-order valence-corrected chi connectivity index (χ3v) is 3.28. The number of hydrogen-bond acceptors (Lipinski definition) is 8. The molecule has 1 amide bonds. The van der Waals surface area contributed by atoms with Crippen molar-refractivity contribution in [2.45, 2.75) is 6.92 Å². The van der Waals surface area contributed by atoms with Crippen LogP contribution in [0.1, 0.15) is 5.56 Å². The second-order valence-electron chi connectivity index (χ2n) is 5.11. The zero-order chi connectivity index (χ0) is 20.6. The number of rotatable bonds is 7. The number of ether oxygens (including phenoxy) is 2. The second-order valence-corrected chi connectivity index (χ2v) is 5.55. The Labute approximate surface area is 160 Å². The van der Waals surface area contributed by atoms with E-state index in [0.29, 0.717) is 5.69 Å². The summed E-state index contributed by atoms with van der Waals surface area (Å²) in [5.74, 6) is -6.74. The van der Waals surface area contributed by atoms with Crippen LogP contribution in [0.2, 0.25) is 0 Å². The number of nitrogens with two attached hydrogens (primary N) is 1. The summed E-state index contributed by atoms with van der Waals surface area (Å²) < 4.78 is 9.01. The van der Waals surface area contributed by atoms with Crippen molar-refractivity contribution in [3.8, 4) is 0 Å². The van der Waals surface area contributed by atoms with Gasteiger partial charge < -0.3 is 20.5 Å². The van der Waals surface area contributed by atoms with Crippen LogP contribution in [-0.2, 0) is 28.7 Å². The Morgan fingerprint density at radius 1 is 1.11 bits per heavy atom. The topological polar surface area (TPSA) is 149 Å². The number of Topliss-reactive ketones (excluding diaryl/α,β-unsaturated/α-hetero) is 1. The molecule has 1 atom stereocenters. The molecule has 0 aliphatic rings. The summed E-state index contributed by atoms with van der Waals surface area (Å²) in [6.45, 7) is 1.85. The number of ketones is 1. The van der Waals surface area contributed by atoms with E-state index < -0.39 is 35.3 Å². The zero-order valence-corrected chi connectivity index (χ0v) is 15.6. The number of anilines is 1. The standard InChI is InChI=1S/C16H18N4O6S/c1-8-4-6-9(7-5-8)18-13(22)12(21)10(14(23)25-2)11(15(24)26-3)19-20-16(17)27/h4-7,10H,1-3H3,(H,18,22)(H3,17,20,27)/b19-11-/t10-/m1/s1. The minimum atomic E-state index is -1.98. The van der Waals surface area contributed by atoms with Crippen LogP contribution in [0.4, 0.5) is 5.69 Å². The summed E-state index contributed by atoms with van der Waals surface area (Å²) in [5, 5.41) is 5.50. The van der Waals surface area contributed by atoms with E-state index in [0.717, 1.165) is 19.8 Å². The van der Waals surface area contributed by atoms with Crippen molar-refractivity contribution in [1.29, 1.82) is 0 Å². The number of hydrazone groups is 1. The molecule has 0 saturated carbocycles. The van der Waals surface area contributed by atoms with E-state index >= 15 is 0 Å². The first-order chi connectivity index (χ1) is 12.7. The number of carbonyl (C=O) groups is 4.